The van der Waals surface area contributed by atoms with Gasteiger partial charge in [0.25, 0.3) is 0 Å². The molecule has 3 atom stereocenters. The number of likely N-dealkylation sites (tertiary alicyclic amines) is 1. The minimum absolute atomic E-state index is 0.0775. The van der Waals surface area contributed by atoms with Crippen molar-refractivity contribution in [3.05, 3.63) is 65.7 Å². The number of hydrogen-bond donors (Lipinski definition) is 1. The van der Waals surface area contributed by atoms with Crippen molar-refractivity contribution in [3.63, 3.8) is 0 Å². The SMILES string of the molecule is Cc1cccc(N(C)C(=O)C2NCC3CN(Cc4ccccc4)CC32)c1. The molecule has 4 rings (SSSR count). The van der Waals surface area contributed by atoms with Gasteiger partial charge in [0.05, 0.1) is 6.04 Å². The van der Waals surface area contributed by atoms with E-state index in [2.05, 4.69) is 59.6 Å². The number of rotatable bonds is 4. The normalized spacial score (nSPS) is 25.2. The molecule has 2 aliphatic heterocycles. The molecule has 2 aromatic carbocycles. The summed E-state index contributed by atoms with van der Waals surface area (Å²) in [6.07, 6.45) is 0. The molecule has 0 aromatic heterocycles. The molecular formula is C22H27N3O. The van der Waals surface area contributed by atoms with Crippen molar-refractivity contribution >= 4 is 11.6 Å². The molecular weight excluding hydrogens is 322 g/mol. The number of amides is 1. The predicted octanol–water partition coefficient (Wildman–Crippen LogP) is 2.68. The van der Waals surface area contributed by atoms with E-state index in [1.54, 1.807) is 0 Å². The van der Waals surface area contributed by atoms with Crippen LogP contribution in [0, 0.1) is 18.8 Å². The largest absolute Gasteiger partial charge is 0.314 e. The zero-order valence-corrected chi connectivity index (χ0v) is 15.6. The Balaban J connectivity index is 1.43. The van der Waals surface area contributed by atoms with Gasteiger partial charge in [0.15, 0.2) is 0 Å². The second kappa shape index (κ2) is 7.22. The smallest absolute Gasteiger partial charge is 0.244 e. The van der Waals surface area contributed by atoms with Crippen LogP contribution in [-0.4, -0.2) is 43.5 Å². The summed E-state index contributed by atoms with van der Waals surface area (Å²) in [5.74, 6) is 1.15. The zero-order valence-electron chi connectivity index (χ0n) is 15.6. The van der Waals surface area contributed by atoms with Crippen LogP contribution >= 0.6 is 0 Å². The molecule has 0 bridgehead atoms. The van der Waals surface area contributed by atoms with E-state index in [1.807, 2.05) is 24.1 Å². The number of hydrogen-bond acceptors (Lipinski definition) is 3. The third kappa shape index (κ3) is 3.39. The maximum atomic E-state index is 13.1. The maximum absolute atomic E-state index is 13.1. The molecule has 0 aliphatic carbocycles. The van der Waals surface area contributed by atoms with Gasteiger partial charge in [-0.25, -0.2) is 0 Å². The van der Waals surface area contributed by atoms with Crippen LogP contribution in [0.3, 0.4) is 0 Å². The van der Waals surface area contributed by atoms with Crippen LogP contribution in [0.1, 0.15) is 11.1 Å². The second-order valence-corrected chi connectivity index (χ2v) is 7.73. The number of aryl methyl sites for hydroxylation is 1. The number of carbonyl (C=O) groups is 1. The molecule has 0 radical (unpaired) electrons. The van der Waals surface area contributed by atoms with Crippen LogP contribution in [0.5, 0.6) is 0 Å². The van der Waals surface area contributed by atoms with Gasteiger partial charge in [0, 0.05) is 44.8 Å². The molecule has 26 heavy (non-hydrogen) atoms. The average Bonchev–Trinajstić information content (AvgIpc) is 3.21. The van der Waals surface area contributed by atoms with Crippen LogP contribution < -0.4 is 10.2 Å². The lowest BCUT2D eigenvalue weighted by Gasteiger charge is -2.26. The molecule has 2 aromatic rings. The molecule has 1 amide bonds. The minimum Gasteiger partial charge on any atom is -0.314 e. The van der Waals surface area contributed by atoms with Gasteiger partial charge in [-0.05, 0) is 36.1 Å². The molecule has 2 fully saturated rings. The van der Waals surface area contributed by atoms with Crippen molar-refractivity contribution in [1.29, 1.82) is 0 Å². The second-order valence-electron chi connectivity index (χ2n) is 7.73. The van der Waals surface area contributed by atoms with Gasteiger partial charge >= 0.3 is 0 Å². The fourth-order valence-corrected chi connectivity index (χ4v) is 4.43. The molecule has 2 aliphatic rings. The average molecular weight is 349 g/mol. The first-order valence-corrected chi connectivity index (χ1v) is 9.46. The number of benzene rings is 2. The standard InChI is InChI=1S/C22H27N3O/c1-16-7-6-10-19(11-16)24(2)22(26)21-20-15-25(14-18(20)12-23-21)13-17-8-4-3-5-9-17/h3-11,18,20-21,23H,12-15H2,1-2H3. The van der Waals surface area contributed by atoms with E-state index in [0.29, 0.717) is 11.8 Å². The molecule has 0 spiro atoms. The van der Waals surface area contributed by atoms with Crippen molar-refractivity contribution < 1.29 is 4.79 Å². The van der Waals surface area contributed by atoms with Crippen molar-refractivity contribution in [2.75, 3.05) is 31.6 Å². The number of carbonyl (C=O) groups excluding carboxylic acids is 1. The fraction of sp³-hybridized carbons (Fsp3) is 0.409. The third-order valence-corrected chi connectivity index (χ3v) is 5.83. The molecule has 1 N–H and O–H groups in total. The lowest BCUT2D eigenvalue weighted by molar-refractivity contribution is -0.120. The van der Waals surface area contributed by atoms with Crippen molar-refractivity contribution in [2.24, 2.45) is 11.8 Å². The van der Waals surface area contributed by atoms with E-state index in [9.17, 15) is 4.79 Å². The van der Waals surface area contributed by atoms with Gasteiger partial charge < -0.3 is 10.2 Å². The molecule has 4 nitrogen and oxygen atoms in total. The minimum atomic E-state index is -0.0775. The van der Waals surface area contributed by atoms with Crippen LogP contribution in [0.2, 0.25) is 0 Å². The Morgan fingerprint density at radius 1 is 1.15 bits per heavy atom. The Morgan fingerprint density at radius 3 is 2.73 bits per heavy atom. The van der Waals surface area contributed by atoms with Crippen LogP contribution in [-0.2, 0) is 11.3 Å². The summed E-state index contributed by atoms with van der Waals surface area (Å²) in [5.41, 5.74) is 3.49. The highest BCUT2D eigenvalue weighted by Gasteiger charge is 2.46. The zero-order chi connectivity index (χ0) is 18.1. The van der Waals surface area contributed by atoms with Crippen molar-refractivity contribution in [3.8, 4) is 0 Å². The Labute approximate surface area is 155 Å². The van der Waals surface area contributed by atoms with E-state index in [-0.39, 0.29) is 11.9 Å². The van der Waals surface area contributed by atoms with Gasteiger partial charge in [-0.15, -0.1) is 0 Å². The van der Waals surface area contributed by atoms with Gasteiger partial charge in [-0.3, -0.25) is 9.69 Å². The third-order valence-electron chi connectivity index (χ3n) is 5.83. The Kier molecular flexibility index (Phi) is 4.79. The summed E-state index contributed by atoms with van der Waals surface area (Å²) in [7, 11) is 1.89. The molecule has 136 valence electrons. The summed E-state index contributed by atoms with van der Waals surface area (Å²) in [5, 5.41) is 3.49. The number of likely N-dealkylation sites (N-methyl/N-ethyl adjacent to an activating group) is 1. The summed E-state index contributed by atoms with van der Waals surface area (Å²) in [4.78, 5) is 17.4. The van der Waals surface area contributed by atoms with E-state index in [4.69, 9.17) is 0 Å². The van der Waals surface area contributed by atoms with Gasteiger partial charge in [-0.1, -0.05) is 42.5 Å². The first-order valence-electron chi connectivity index (χ1n) is 9.46. The van der Waals surface area contributed by atoms with Crippen molar-refractivity contribution in [2.45, 2.75) is 19.5 Å². The van der Waals surface area contributed by atoms with Gasteiger partial charge in [-0.2, -0.15) is 0 Å². The maximum Gasteiger partial charge on any atom is 0.244 e. The Hall–Kier alpha value is -2.17. The molecule has 2 heterocycles. The van der Waals surface area contributed by atoms with E-state index in [1.165, 1.54) is 11.1 Å². The summed E-state index contributed by atoms with van der Waals surface area (Å²) >= 11 is 0. The van der Waals surface area contributed by atoms with E-state index in [0.717, 1.165) is 31.9 Å². The Bertz CT molecular complexity index is 776. The lowest BCUT2D eigenvalue weighted by atomic mass is 9.93. The highest BCUT2D eigenvalue weighted by Crippen LogP contribution is 2.33. The predicted molar refractivity (Wildman–Crippen MR) is 105 cm³/mol. The number of nitrogens with one attached hydrogen (secondary N) is 1. The van der Waals surface area contributed by atoms with Gasteiger partial charge in [0.2, 0.25) is 5.91 Å². The van der Waals surface area contributed by atoms with Crippen molar-refractivity contribution in [1.82, 2.24) is 10.2 Å². The van der Waals surface area contributed by atoms with Crippen LogP contribution in [0.4, 0.5) is 5.69 Å². The molecule has 0 saturated carbocycles. The number of anilines is 1. The van der Waals surface area contributed by atoms with Crippen LogP contribution in [0.25, 0.3) is 0 Å². The monoisotopic (exact) mass is 349 g/mol. The molecule has 3 unspecified atom stereocenters. The van der Waals surface area contributed by atoms with Gasteiger partial charge in [0.1, 0.15) is 0 Å². The summed E-state index contributed by atoms with van der Waals surface area (Å²) < 4.78 is 0. The quantitative estimate of drug-likeness (QED) is 0.922. The van der Waals surface area contributed by atoms with E-state index < -0.39 is 0 Å². The lowest BCUT2D eigenvalue weighted by Crippen LogP contribution is -2.46. The van der Waals surface area contributed by atoms with Crippen LogP contribution in [0.15, 0.2) is 54.6 Å². The topological polar surface area (TPSA) is 35.6 Å². The first-order chi connectivity index (χ1) is 12.6. The Morgan fingerprint density at radius 2 is 1.96 bits per heavy atom. The summed E-state index contributed by atoms with van der Waals surface area (Å²) in [6, 6.07) is 18.7. The van der Waals surface area contributed by atoms with E-state index >= 15 is 0 Å². The summed E-state index contributed by atoms with van der Waals surface area (Å²) in [6.45, 7) is 6.04. The highest BCUT2D eigenvalue weighted by molar-refractivity contribution is 5.97. The fourth-order valence-electron chi connectivity index (χ4n) is 4.43. The highest BCUT2D eigenvalue weighted by atomic mass is 16.2. The first kappa shape index (κ1) is 17.3. The molecule has 4 heteroatoms. The number of nitrogens with zero attached hydrogens (tertiary/aromatic N) is 2. The molecule has 2 saturated heterocycles. The number of fused-ring (bicyclic) bond motifs is 1.